The average Bonchev–Trinajstić information content (AvgIpc) is 1.94. The van der Waals surface area contributed by atoms with Gasteiger partial charge in [0.15, 0.2) is 0 Å². The standard InChI is InChI=1S/C8H10N2/c1-2-4-8-7(9)5-3-6-10-8/h3-6,9H,2H2,1H3/b8-4+,9-7?. The molecule has 0 spiro atoms. The van der Waals surface area contributed by atoms with Crippen molar-refractivity contribution >= 4 is 11.9 Å². The minimum Gasteiger partial charge on any atom is -0.299 e. The van der Waals surface area contributed by atoms with Gasteiger partial charge in [-0.2, -0.15) is 0 Å². The monoisotopic (exact) mass is 134 g/mol. The van der Waals surface area contributed by atoms with Gasteiger partial charge >= 0.3 is 0 Å². The number of dihydropyridines is 1. The Balaban J connectivity index is 2.80. The molecule has 0 fully saturated rings. The number of nitrogens with one attached hydrogen (secondary N) is 1. The predicted molar refractivity (Wildman–Crippen MR) is 43.7 cm³/mol. The number of nitrogens with zero attached hydrogens (tertiary/aromatic N) is 1. The van der Waals surface area contributed by atoms with Gasteiger partial charge in [0.2, 0.25) is 0 Å². The van der Waals surface area contributed by atoms with E-state index in [0.717, 1.165) is 12.1 Å². The van der Waals surface area contributed by atoms with Crippen LogP contribution >= 0.6 is 0 Å². The van der Waals surface area contributed by atoms with Crippen LogP contribution in [-0.4, -0.2) is 11.9 Å². The molecule has 0 aliphatic carbocycles. The van der Waals surface area contributed by atoms with E-state index in [2.05, 4.69) is 4.99 Å². The molecule has 2 heteroatoms. The van der Waals surface area contributed by atoms with Crippen molar-refractivity contribution in [3.63, 3.8) is 0 Å². The zero-order valence-corrected chi connectivity index (χ0v) is 5.96. The Hall–Kier alpha value is -1.18. The van der Waals surface area contributed by atoms with Crippen LogP contribution < -0.4 is 0 Å². The van der Waals surface area contributed by atoms with Gasteiger partial charge in [-0.15, -0.1) is 0 Å². The number of hydrogen-bond donors (Lipinski definition) is 1. The normalized spacial score (nSPS) is 20.5. The quantitative estimate of drug-likeness (QED) is 0.569. The maximum Gasteiger partial charge on any atom is 0.0838 e. The topological polar surface area (TPSA) is 36.2 Å². The highest BCUT2D eigenvalue weighted by atomic mass is 14.8. The van der Waals surface area contributed by atoms with Gasteiger partial charge in [-0.25, -0.2) is 0 Å². The second-order valence-corrected chi connectivity index (χ2v) is 2.05. The van der Waals surface area contributed by atoms with Crippen LogP contribution in [0.4, 0.5) is 0 Å². The Morgan fingerprint density at radius 3 is 3.10 bits per heavy atom. The van der Waals surface area contributed by atoms with Gasteiger partial charge in [-0.1, -0.05) is 13.0 Å². The van der Waals surface area contributed by atoms with Crippen molar-refractivity contribution in [3.05, 3.63) is 23.9 Å². The highest BCUT2D eigenvalue weighted by Gasteiger charge is 1.99. The van der Waals surface area contributed by atoms with Gasteiger partial charge in [0, 0.05) is 6.21 Å². The van der Waals surface area contributed by atoms with E-state index in [9.17, 15) is 0 Å². The highest BCUT2D eigenvalue weighted by Crippen LogP contribution is 2.04. The molecule has 1 rings (SSSR count). The van der Waals surface area contributed by atoms with E-state index in [0.29, 0.717) is 5.71 Å². The van der Waals surface area contributed by atoms with E-state index in [4.69, 9.17) is 5.41 Å². The maximum absolute atomic E-state index is 7.38. The molecule has 1 N–H and O–H groups in total. The minimum atomic E-state index is 0.504. The summed E-state index contributed by atoms with van der Waals surface area (Å²) in [6, 6.07) is 0. The maximum atomic E-state index is 7.38. The average molecular weight is 134 g/mol. The van der Waals surface area contributed by atoms with Gasteiger partial charge in [0.1, 0.15) is 0 Å². The summed E-state index contributed by atoms with van der Waals surface area (Å²) < 4.78 is 0. The third-order valence-corrected chi connectivity index (χ3v) is 1.24. The molecule has 1 heterocycles. The van der Waals surface area contributed by atoms with Crippen LogP contribution in [0.5, 0.6) is 0 Å². The molecule has 0 radical (unpaired) electrons. The van der Waals surface area contributed by atoms with Crippen LogP contribution in [0.25, 0.3) is 0 Å². The first-order valence-corrected chi connectivity index (χ1v) is 3.34. The lowest BCUT2D eigenvalue weighted by Crippen LogP contribution is -1.98. The number of aliphatic imine (C=N–C) groups is 1. The molecular weight excluding hydrogens is 124 g/mol. The lowest BCUT2D eigenvalue weighted by atomic mass is 10.2. The van der Waals surface area contributed by atoms with E-state index < -0.39 is 0 Å². The largest absolute Gasteiger partial charge is 0.299 e. The lowest BCUT2D eigenvalue weighted by molar-refractivity contribution is 1.19. The molecule has 2 nitrogen and oxygen atoms in total. The van der Waals surface area contributed by atoms with E-state index in [1.165, 1.54) is 0 Å². The Morgan fingerprint density at radius 2 is 2.50 bits per heavy atom. The summed E-state index contributed by atoms with van der Waals surface area (Å²) in [6.07, 6.45) is 8.11. The fourth-order valence-corrected chi connectivity index (χ4v) is 0.774. The molecular formula is C8H10N2. The summed E-state index contributed by atoms with van der Waals surface area (Å²) >= 11 is 0. The number of allylic oxidation sites excluding steroid dienone is 3. The summed E-state index contributed by atoms with van der Waals surface area (Å²) in [6.45, 7) is 2.04. The van der Waals surface area contributed by atoms with Crippen LogP contribution in [-0.2, 0) is 0 Å². The van der Waals surface area contributed by atoms with Gasteiger partial charge in [0.05, 0.1) is 11.4 Å². The first-order valence-electron chi connectivity index (χ1n) is 3.34. The van der Waals surface area contributed by atoms with E-state index in [1.807, 2.05) is 13.0 Å². The van der Waals surface area contributed by atoms with Crippen LogP contribution in [0.2, 0.25) is 0 Å². The first-order chi connectivity index (χ1) is 4.84. The van der Waals surface area contributed by atoms with E-state index in [-0.39, 0.29) is 0 Å². The van der Waals surface area contributed by atoms with Crippen molar-refractivity contribution in [2.45, 2.75) is 13.3 Å². The molecule has 1 aliphatic rings. The molecule has 1 aliphatic heterocycles. The number of hydrogen-bond acceptors (Lipinski definition) is 2. The molecule has 0 atom stereocenters. The third-order valence-electron chi connectivity index (χ3n) is 1.24. The summed E-state index contributed by atoms with van der Waals surface area (Å²) in [5.74, 6) is 0. The van der Waals surface area contributed by atoms with Gasteiger partial charge in [-0.3, -0.25) is 10.4 Å². The summed E-state index contributed by atoms with van der Waals surface area (Å²) in [7, 11) is 0. The first kappa shape index (κ1) is 6.93. The van der Waals surface area contributed by atoms with E-state index >= 15 is 0 Å². The Bertz CT molecular complexity index is 221. The second kappa shape index (κ2) is 3.11. The van der Waals surface area contributed by atoms with Crippen molar-refractivity contribution in [1.82, 2.24) is 0 Å². The smallest absolute Gasteiger partial charge is 0.0838 e. The molecule has 0 amide bonds. The van der Waals surface area contributed by atoms with Crippen molar-refractivity contribution in [2.24, 2.45) is 4.99 Å². The van der Waals surface area contributed by atoms with Gasteiger partial charge in [-0.05, 0) is 18.6 Å². The molecule has 52 valence electrons. The summed E-state index contributed by atoms with van der Waals surface area (Å²) in [5.41, 5.74) is 1.29. The predicted octanol–water partition coefficient (Wildman–Crippen LogP) is 1.94. The van der Waals surface area contributed by atoms with Gasteiger partial charge in [0.25, 0.3) is 0 Å². The van der Waals surface area contributed by atoms with Crippen molar-refractivity contribution in [3.8, 4) is 0 Å². The Labute approximate surface area is 60.5 Å². The third kappa shape index (κ3) is 1.41. The molecule has 0 aromatic heterocycles. The molecule has 0 aromatic carbocycles. The zero-order chi connectivity index (χ0) is 7.40. The van der Waals surface area contributed by atoms with Crippen LogP contribution in [0.3, 0.4) is 0 Å². The molecule has 10 heavy (non-hydrogen) atoms. The summed E-state index contributed by atoms with van der Waals surface area (Å²) in [4.78, 5) is 4.02. The lowest BCUT2D eigenvalue weighted by Gasteiger charge is -2.00. The fraction of sp³-hybridized carbons (Fsp3) is 0.250. The summed E-state index contributed by atoms with van der Waals surface area (Å²) in [5, 5.41) is 7.38. The molecule has 0 aromatic rings. The Kier molecular flexibility index (Phi) is 2.15. The molecule has 0 unspecified atom stereocenters. The SMILES string of the molecule is CC/C=C1/N=CC=CC1=N. The van der Waals surface area contributed by atoms with Gasteiger partial charge < -0.3 is 0 Å². The molecule has 0 bridgehead atoms. The highest BCUT2D eigenvalue weighted by molar-refractivity contribution is 6.10. The van der Waals surface area contributed by atoms with Crippen LogP contribution in [0, 0.1) is 5.41 Å². The van der Waals surface area contributed by atoms with Crippen LogP contribution in [0.15, 0.2) is 28.9 Å². The van der Waals surface area contributed by atoms with E-state index in [1.54, 1.807) is 18.4 Å². The minimum absolute atomic E-state index is 0.504. The Morgan fingerprint density at radius 1 is 1.70 bits per heavy atom. The zero-order valence-electron chi connectivity index (χ0n) is 5.96. The van der Waals surface area contributed by atoms with Crippen LogP contribution in [0.1, 0.15) is 13.3 Å². The number of rotatable bonds is 1. The van der Waals surface area contributed by atoms with Crippen molar-refractivity contribution in [1.29, 1.82) is 5.41 Å². The molecule has 0 saturated carbocycles. The molecule has 0 saturated heterocycles. The second-order valence-electron chi connectivity index (χ2n) is 2.05. The van der Waals surface area contributed by atoms with Crippen molar-refractivity contribution in [2.75, 3.05) is 0 Å². The van der Waals surface area contributed by atoms with Crippen molar-refractivity contribution < 1.29 is 0 Å². The fourth-order valence-electron chi connectivity index (χ4n) is 0.774.